The van der Waals surface area contributed by atoms with Gasteiger partial charge in [-0.25, -0.2) is 0 Å². The van der Waals surface area contributed by atoms with Gasteiger partial charge in [-0.3, -0.25) is 4.79 Å². The number of ketones is 1. The van der Waals surface area contributed by atoms with Crippen molar-refractivity contribution in [2.45, 2.75) is 57.9 Å². The van der Waals surface area contributed by atoms with E-state index in [0.717, 1.165) is 18.4 Å². The van der Waals surface area contributed by atoms with Gasteiger partial charge in [0.25, 0.3) is 0 Å². The lowest BCUT2D eigenvalue weighted by molar-refractivity contribution is -0.127. The molecular formula is C24H26N2O. The highest BCUT2D eigenvalue weighted by molar-refractivity contribution is 6.04. The molecule has 0 fully saturated rings. The summed E-state index contributed by atoms with van der Waals surface area (Å²) in [5.74, 6) is 0.254. The summed E-state index contributed by atoms with van der Waals surface area (Å²) in [5, 5.41) is 4.82. The fourth-order valence-electron chi connectivity index (χ4n) is 5.24. The minimum absolute atomic E-state index is 0.254. The first-order chi connectivity index (χ1) is 12.8. The van der Waals surface area contributed by atoms with Gasteiger partial charge in [-0.05, 0) is 86.7 Å². The van der Waals surface area contributed by atoms with E-state index in [1.54, 1.807) is 0 Å². The average Bonchev–Trinajstić information content (AvgIpc) is 3.29. The van der Waals surface area contributed by atoms with Crippen molar-refractivity contribution in [2.24, 2.45) is 0 Å². The normalized spacial score (nSPS) is 19.6. The molecule has 1 aliphatic heterocycles. The molecule has 0 saturated carbocycles. The summed E-state index contributed by atoms with van der Waals surface area (Å²) >= 11 is 0. The molecule has 27 heavy (non-hydrogen) atoms. The van der Waals surface area contributed by atoms with Crippen LogP contribution in [0, 0.1) is 0 Å². The number of H-pyrrole nitrogens is 1. The predicted molar refractivity (Wildman–Crippen MR) is 111 cm³/mol. The zero-order valence-electron chi connectivity index (χ0n) is 16.5. The van der Waals surface area contributed by atoms with Gasteiger partial charge in [-0.15, -0.1) is 0 Å². The zero-order chi connectivity index (χ0) is 19.0. The van der Waals surface area contributed by atoms with E-state index >= 15 is 0 Å². The van der Waals surface area contributed by atoms with Crippen LogP contribution in [0.4, 0.5) is 5.69 Å². The molecule has 2 aromatic carbocycles. The molecule has 2 aliphatic rings. The van der Waals surface area contributed by atoms with Gasteiger partial charge in [0.05, 0.1) is 16.5 Å². The molecule has 1 aliphatic carbocycles. The molecule has 0 spiro atoms. The molecule has 3 aromatic rings. The Kier molecular flexibility index (Phi) is 3.23. The third-order valence-electron chi connectivity index (χ3n) is 6.53. The van der Waals surface area contributed by atoms with Crippen molar-refractivity contribution in [3.63, 3.8) is 0 Å². The molecule has 5 rings (SSSR count). The second-order valence-electron chi connectivity index (χ2n) is 9.11. The Morgan fingerprint density at radius 2 is 1.74 bits per heavy atom. The smallest absolute Gasteiger partial charge is 0.167 e. The second kappa shape index (κ2) is 5.25. The number of fused-ring (bicyclic) bond motifs is 4. The molecule has 3 nitrogen and oxygen atoms in total. The number of nitrogens with one attached hydrogen (secondary N) is 2. The summed E-state index contributed by atoms with van der Waals surface area (Å²) in [6, 6.07) is 10.9. The molecule has 1 aromatic heterocycles. The number of anilines is 1. The van der Waals surface area contributed by atoms with Gasteiger partial charge in [0.2, 0.25) is 0 Å². The molecule has 3 heteroatoms. The number of Topliss-reactive ketones (excluding diaryl/α,β-unsaturated/α-hetero) is 1. The molecule has 0 saturated heterocycles. The number of benzene rings is 2. The van der Waals surface area contributed by atoms with Crippen LogP contribution in [0.1, 0.15) is 50.8 Å². The van der Waals surface area contributed by atoms with Gasteiger partial charge < -0.3 is 10.3 Å². The van der Waals surface area contributed by atoms with Crippen molar-refractivity contribution in [3.05, 3.63) is 53.2 Å². The van der Waals surface area contributed by atoms with Crippen molar-refractivity contribution in [2.75, 3.05) is 5.32 Å². The minimum atomic E-state index is -0.534. The predicted octanol–water partition coefficient (Wildman–Crippen LogP) is 5.37. The molecule has 0 atom stereocenters. The largest absolute Gasteiger partial charge is 0.373 e. The Labute approximate surface area is 160 Å². The second-order valence-corrected chi connectivity index (χ2v) is 9.11. The molecule has 0 unspecified atom stereocenters. The van der Waals surface area contributed by atoms with E-state index in [4.69, 9.17) is 0 Å². The molecule has 138 valence electrons. The summed E-state index contributed by atoms with van der Waals surface area (Å²) < 4.78 is 0. The average molecular weight is 358 g/mol. The van der Waals surface area contributed by atoms with Crippen LogP contribution in [-0.4, -0.2) is 16.3 Å². The van der Waals surface area contributed by atoms with Gasteiger partial charge in [0.1, 0.15) is 0 Å². The van der Waals surface area contributed by atoms with Crippen LogP contribution in [0.3, 0.4) is 0 Å². The Morgan fingerprint density at radius 3 is 2.56 bits per heavy atom. The zero-order valence-corrected chi connectivity index (χ0v) is 16.5. The van der Waals surface area contributed by atoms with Crippen LogP contribution in [-0.2, 0) is 23.1 Å². The van der Waals surface area contributed by atoms with E-state index in [1.807, 2.05) is 20.0 Å². The lowest BCUT2D eigenvalue weighted by Crippen LogP contribution is -2.53. The maximum atomic E-state index is 13.2. The first-order valence-corrected chi connectivity index (χ1v) is 9.89. The van der Waals surface area contributed by atoms with E-state index in [2.05, 4.69) is 54.5 Å². The number of carbonyl (C=O) groups excluding carboxylic acids is 1. The lowest BCUT2D eigenvalue weighted by Gasteiger charge is -2.43. The minimum Gasteiger partial charge on any atom is -0.373 e. The summed E-state index contributed by atoms with van der Waals surface area (Å²) in [6.45, 7) is 8.18. The third kappa shape index (κ3) is 2.17. The summed E-state index contributed by atoms with van der Waals surface area (Å²) in [6.07, 6.45) is 5.37. The third-order valence-corrected chi connectivity index (χ3v) is 6.53. The molecule has 2 heterocycles. The first-order valence-electron chi connectivity index (χ1n) is 9.89. The van der Waals surface area contributed by atoms with Crippen LogP contribution in [0.2, 0.25) is 0 Å². The maximum Gasteiger partial charge on any atom is 0.167 e. The van der Waals surface area contributed by atoms with E-state index in [0.29, 0.717) is 0 Å². The monoisotopic (exact) mass is 358 g/mol. The summed E-state index contributed by atoms with van der Waals surface area (Å²) in [7, 11) is 0. The molecule has 0 bridgehead atoms. The highest BCUT2D eigenvalue weighted by atomic mass is 16.1. The number of para-hydroxylation sites is 1. The van der Waals surface area contributed by atoms with Crippen LogP contribution < -0.4 is 5.32 Å². The van der Waals surface area contributed by atoms with Crippen molar-refractivity contribution >= 4 is 22.4 Å². The fourth-order valence-corrected chi connectivity index (χ4v) is 5.24. The van der Waals surface area contributed by atoms with Gasteiger partial charge in [0, 0.05) is 17.4 Å². The summed E-state index contributed by atoms with van der Waals surface area (Å²) in [5.41, 5.74) is 7.89. The topological polar surface area (TPSA) is 44.9 Å². The van der Waals surface area contributed by atoms with E-state index in [1.165, 1.54) is 45.3 Å². The van der Waals surface area contributed by atoms with E-state index in [9.17, 15) is 4.79 Å². The van der Waals surface area contributed by atoms with E-state index in [-0.39, 0.29) is 5.78 Å². The van der Waals surface area contributed by atoms with Crippen LogP contribution in [0.5, 0.6) is 0 Å². The van der Waals surface area contributed by atoms with Crippen LogP contribution in [0.15, 0.2) is 36.5 Å². The Morgan fingerprint density at radius 1 is 0.963 bits per heavy atom. The highest BCUT2D eigenvalue weighted by Gasteiger charge is 2.47. The Balaban J connectivity index is 1.84. The Hall–Kier alpha value is -2.55. The van der Waals surface area contributed by atoms with Crippen molar-refractivity contribution in [1.82, 2.24) is 4.98 Å². The number of hydrogen-bond donors (Lipinski definition) is 2. The van der Waals surface area contributed by atoms with Gasteiger partial charge in [0.15, 0.2) is 5.78 Å². The number of carbonyl (C=O) groups is 1. The van der Waals surface area contributed by atoms with E-state index < -0.39 is 11.0 Å². The highest BCUT2D eigenvalue weighted by Crippen LogP contribution is 2.48. The number of rotatable bonds is 1. The Bertz CT molecular complexity index is 1100. The standard InChI is InChI=1S/C24H26N2O/c1-23(2)19-13-18(17-9-5-7-14-11-12-25-20(14)17)15-8-6-10-16(15)21(19)26-24(3,4)22(23)27/h5,7,9,11-13,25-26H,6,8,10H2,1-4H3. The quantitative estimate of drug-likeness (QED) is 0.614. The van der Waals surface area contributed by atoms with Crippen LogP contribution in [0.25, 0.3) is 22.0 Å². The number of hydrogen-bond acceptors (Lipinski definition) is 2. The molecule has 0 radical (unpaired) electrons. The molecule has 2 N–H and O–H groups in total. The fraction of sp³-hybridized carbons (Fsp3) is 0.375. The first kappa shape index (κ1) is 16.6. The number of aromatic amines is 1. The molecular weight excluding hydrogens is 332 g/mol. The number of aromatic nitrogens is 1. The summed E-state index contributed by atoms with van der Waals surface area (Å²) in [4.78, 5) is 16.6. The van der Waals surface area contributed by atoms with Crippen molar-refractivity contribution in [3.8, 4) is 11.1 Å². The van der Waals surface area contributed by atoms with Gasteiger partial charge in [-0.1, -0.05) is 18.2 Å². The van der Waals surface area contributed by atoms with Gasteiger partial charge in [-0.2, -0.15) is 0 Å². The van der Waals surface area contributed by atoms with Gasteiger partial charge >= 0.3 is 0 Å². The SMILES string of the molecule is CC1(C)Nc2c(cc(-c3cccc4cc[nH]c34)c3c2CCC3)C(C)(C)C1=O. The van der Waals surface area contributed by atoms with Crippen molar-refractivity contribution < 1.29 is 4.79 Å². The molecule has 0 amide bonds. The lowest BCUT2D eigenvalue weighted by atomic mass is 9.68. The van der Waals surface area contributed by atoms with Crippen LogP contribution >= 0.6 is 0 Å². The maximum absolute atomic E-state index is 13.2. The van der Waals surface area contributed by atoms with Crippen molar-refractivity contribution in [1.29, 1.82) is 0 Å².